The zero-order valence-electron chi connectivity index (χ0n) is 8.43. The van der Waals surface area contributed by atoms with Crippen LogP contribution in [0.5, 0.6) is 0 Å². The molecule has 0 saturated heterocycles. The molecule has 0 aliphatic carbocycles. The number of benzene rings is 1. The van der Waals surface area contributed by atoms with Gasteiger partial charge in [0.05, 0.1) is 15.8 Å². The molecular formula is C10H13ClFNOS. The van der Waals surface area contributed by atoms with Crippen molar-refractivity contribution < 1.29 is 8.60 Å². The first kappa shape index (κ1) is 12.6. The molecule has 15 heavy (non-hydrogen) atoms. The van der Waals surface area contributed by atoms with Gasteiger partial charge in [0.1, 0.15) is 5.82 Å². The Morgan fingerprint density at radius 2 is 2.27 bits per heavy atom. The Bertz CT molecular complexity index is 359. The fourth-order valence-corrected chi connectivity index (χ4v) is 2.47. The van der Waals surface area contributed by atoms with Gasteiger partial charge in [-0.25, -0.2) is 4.39 Å². The van der Waals surface area contributed by atoms with E-state index in [1.165, 1.54) is 18.2 Å². The predicted octanol–water partition coefficient (Wildman–Crippen LogP) is 2.20. The van der Waals surface area contributed by atoms with Crippen LogP contribution in [-0.2, 0) is 10.8 Å². The highest BCUT2D eigenvalue weighted by Crippen LogP contribution is 2.18. The quantitative estimate of drug-likeness (QED) is 0.811. The van der Waals surface area contributed by atoms with Crippen LogP contribution in [0.4, 0.5) is 4.39 Å². The van der Waals surface area contributed by atoms with Gasteiger partial charge in [0.15, 0.2) is 0 Å². The first-order valence-electron chi connectivity index (χ1n) is 4.63. The number of rotatable bonds is 5. The van der Waals surface area contributed by atoms with Crippen LogP contribution in [0.3, 0.4) is 0 Å². The standard InChI is InChI=1S/C10H13ClFNOS/c1-13-5-2-6-15(14)8-3-4-10(12)9(11)7-8/h3-4,7,13H,2,5-6H2,1H3. The van der Waals surface area contributed by atoms with Gasteiger partial charge in [-0.15, -0.1) is 0 Å². The highest BCUT2D eigenvalue weighted by atomic mass is 35.5. The third kappa shape index (κ3) is 3.89. The lowest BCUT2D eigenvalue weighted by Crippen LogP contribution is -2.11. The third-order valence-corrected chi connectivity index (χ3v) is 3.64. The fourth-order valence-electron chi connectivity index (χ4n) is 1.12. The molecule has 1 aromatic carbocycles. The molecule has 1 unspecified atom stereocenters. The van der Waals surface area contributed by atoms with Crippen LogP contribution < -0.4 is 5.32 Å². The highest BCUT2D eigenvalue weighted by molar-refractivity contribution is 7.85. The van der Waals surface area contributed by atoms with E-state index in [0.717, 1.165) is 13.0 Å². The summed E-state index contributed by atoms with van der Waals surface area (Å²) >= 11 is 5.60. The van der Waals surface area contributed by atoms with Crippen molar-refractivity contribution in [1.82, 2.24) is 5.32 Å². The molecule has 0 radical (unpaired) electrons. The minimum absolute atomic E-state index is 0.0227. The Kier molecular flexibility index (Phi) is 5.22. The zero-order chi connectivity index (χ0) is 11.3. The molecule has 0 aromatic heterocycles. The first-order chi connectivity index (χ1) is 7.15. The smallest absolute Gasteiger partial charge is 0.141 e. The SMILES string of the molecule is CNCCCS(=O)c1ccc(F)c(Cl)c1. The summed E-state index contributed by atoms with van der Waals surface area (Å²) in [7, 11) is 0.750. The van der Waals surface area contributed by atoms with Gasteiger partial charge in [-0.2, -0.15) is 0 Å². The predicted molar refractivity (Wildman–Crippen MR) is 61.2 cm³/mol. The molecule has 1 atom stereocenters. The molecule has 0 spiro atoms. The summed E-state index contributed by atoms with van der Waals surface area (Å²) in [5.74, 6) is 0.0793. The van der Waals surface area contributed by atoms with Crippen LogP contribution in [0.25, 0.3) is 0 Å². The minimum atomic E-state index is -1.09. The summed E-state index contributed by atoms with van der Waals surface area (Å²) in [6.07, 6.45) is 0.818. The van der Waals surface area contributed by atoms with Crippen molar-refractivity contribution in [3.05, 3.63) is 29.0 Å². The van der Waals surface area contributed by atoms with E-state index >= 15 is 0 Å². The van der Waals surface area contributed by atoms with Gasteiger partial charge in [-0.05, 0) is 38.2 Å². The van der Waals surface area contributed by atoms with Crippen molar-refractivity contribution in [2.75, 3.05) is 19.3 Å². The highest BCUT2D eigenvalue weighted by Gasteiger charge is 2.06. The number of halogens is 2. The summed E-state index contributed by atoms with van der Waals surface area (Å²) in [6, 6.07) is 4.18. The number of hydrogen-bond acceptors (Lipinski definition) is 2. The molecule has 0 aliphatic heterocycles. The Morgan fingerprint density at radius 1 is 1.53 bits per heavy atom. The maximum absolute atomic E-state index is 12.8. The van der Waals surface area contributed by atoms with E-state index in [9.17, 15) is 8.60 Å². The second-order valence-electron chi connectivity index (χ2n) is 3.08. The second kappa shape index (κ2) is 6.20. The maximum atomic E-state index is 12.8. The molecule has 1 aromatic rings. The lowest BCUT2D eigenvalue weighted by Gasteiger charge is -2.03. The van der Waals surface area contributed by atoms with Crippen molar-refractivity contribution in [3.8, 4) is 0 Å². The second-order valence-corrected chi connectivity index (χ2v) is 5.06. The molecule has 1 rings (SSSR count). The number of hydrogen-bond donors (Lipinski definition) is 1. The van der Waals surface area contributed by atoms with Crippen LogP contribution in [0.1, 0.15) is 6.42 Å². The molecule has 0 saturated carbocycles. The monoisotopic (exact) mass is 249 g/mol. The first-order valence-corrected chi connectivity index (χ1v) is 6.33. The lowest BCUT2D eigenvalue weighted by atomic mass is 10.3. The van der Waals surface area contributed by atoms with Gasteiger partial charge < -0.3 is 5.32 Å². The van der Waals surface area contributed by atoms with E-state index < -0.39 is 16.6 Å². The van der Waals surface area contributed by atoms with Crippen molar-refractivity contribution >= 4 is 22.4 Å². The van der Waals surface area contributed by atoms with E-state index in [0.29, 0.717) is 10.6 Å². The van der Waals surface area contributed by atoms with Gasteiger partial charge >= 0.3 is 0 Å². The Hall–Kier alpha value is -0.450. The van der Waals surface area contributed by atoms with Crippen molar-refractivity contribution in [2.24, 2.45) is 0 Å². The third-order valence-electron chi connectivity index (χ3n) is 1.91. The van der Waals surface area contributed by atoms with Gasteiger partial charge in [-0.3, -0.25) is 4.21 Å². The summed E-state index contributed by atoms with van der Waals surface area (Å²) in [5, 5.41) is 3.00. The molecular weight excluding hydrogens is 237 g/mol. The molecule has 0 heterocycles. The Labute approximate surface area is 96.3 Å². The Morgan fingerprint density at radius 3 is 2.87 bits per heavy atom. The Balaban J connectivity index is 2.62. The average molecular weight is 250 g/mol. The molecule has 0 amide bonds. The lowest BCUT2D eigenvalue weighted by molar-refractivity contribution is 0.626. The fraction of sp³-hybridized carbons (Fsp3) is 0.400. The van der Waals surface area contributed by atoms with Crippen LogP contribution in [0, 0.1) is 5.82 Å². The van der Waals surface area contributed by atoms with Crippen molar-refractivity contribution in [3.63, 3.8) is 0 Å². The van der Waals surface area contributed by atoms with E-state index in [2.05, 4.69) is 5.32 Å². The minimum Gasteiger partial charge on any atom is -0.320 e. The largest absolute Gasteiger partial charge is 0.320 e. The van der Waals surface area contributed by atoms with E-state index in [4.69, 9.17) is 11.6 Å². The van der Waals surface area contributed by atoms with Crippen LogP contribution in [0.2, 0.25) is 5.02 Å². The van der Waals surface area contributed by atoms with E-state index in [1.54, 1.807) is 0 Å². The van der Waals surface area contributed by atoms with Crippen molar-refractivity contribution in [2.45, 2.75) is 11.3 Å². The summed E-state index contributed by atoms with van der Waals surface area (Å²) < 4.78 is 24.5. The van der Waals surface area contributed by atoms with E-state index in [-0.39, 0.29) is 5.02 Å². The van der Waals surface area contributed by atoms with Crippen LogP contribution >= 0.6 is 11.6 Å². The topological polar surface area (TPSA) is 29.1 Å². The molecule has 0 aliphatic rings. The van der Waals surface area contributed by atoms with Gasteiger partial charge in [0.2, 0.25) is 0 Å². The van der Waals surface area contributed by atoms with Gasteiger partial charge in [-0.1, -0.05) is 11.6 Å². The van der Waals surface area contributed by atoms with Crippen LogP contribution in [0.15, 0.2) is 23.1 Å². The normalized spacial score (nSPS) is 12.7. The van der Waals surface area contributed by atoms with Crippen molar-refractivity contribution in [1.29, 1.82) is 0 Å². The summed E-state index contributed by atoms with van der Waals surface area (Å²) in [5.41, 5.74) is 0. The molecule has 2 nitrogen and oxygen atoms in total. The molecule has 0 bridgehead atoms. The van der Waals surface area contributed by atoms with E-state index in [1.807, 2.05) is 7.05 Å². The van der Waals surface area contributed by atoms with Crippen LogP contribution in [-0.4, -0.2) is 23.6 Å². The molecule has 1 N–H and O–H groups in total. The summed E-state index contributed by atoms with van der Waals surface area (Å²) in [6.45, 7) is 0.820. The van der Waals surface area contributed by atoms with Gasteiger partial charge in [0, 0.05) is 10.6 Å². The van der Waals surface area contributed by atoms with Gasteiger partial charge in [0.25, 0.3) is 0 Å². The summed E-state index contributed by atoms with van der Waals surface area (Å²) in [4.78, 5) is 0.581. The number of nitrogens with one attached hydrogen (secondary N) is 1. The molecule has 0 fully saturated rings. The maximum Gasteiger partial charge on any atom is 0.141 e. The molecule has 5 heteroatoms. The molecule has 84 valence electrons. The average Bonchev–Trinajstić information content (AvgIpc) is 2.22. The zero-order valence-corrected chi connectivity index (χ0v) is 10.00.